The van der Waals surface area contributed by atoms with Crippen LogP contribution in [0.3, 0.4) is 0 Å². The molecule has 0 saturated heterocycles. The zero-order valence-corrected chi connectivity index (χ0v) is 14.1. The molecule has 0 fully saturated rings. The Balaban J connectivity index is 2.12. The minimum atomic E-state index is -0.0831. The number of aromatic nitrogens is 1. The lowest BCUT2D eigenvalue weighted by Crippen LogP contribution is -2.26. The molecular formula is C15H17BrN2OS. The minimum absolute atomic E-state index is 0.0821. The van der Waals surface area contributed by atoms with Crippen molar-refractivity contribution in [3.8, 4) is 0 Å². The Morgan fingerprint density at radius 3 is 2.90 bits per heavy atom. The third-order valence-corrected chi connectivity index (χ3v) is 5.02. The van der Waals surface area contributed by atoms with Gasteiger partial charge < -0.3 is 5.32 Å². The number of aryl methyl sites for hydroxylation is 2. The van der Waals surface area contributed by atoms with Crippen molar-refractivity contribution < 1.29 is 4.79 Å². The van der Waals surface area contributed by atoms with Crippen LogP contribution in [0.4, 0.5) is 0 Å². The summed E-state index contributed by atoms with van der Waals surface area (Å²) < 4.78 is 0.807. The number of amides is 1. The molecule has 0 spiro atoms. The third-order valence-electron chi connectivity index (χ3n) is 3.00. The Hall–Kier alpha value is -1.20. The molecule has 0 aliphatic heterocycles. The summed E-state index contributed by atoms with van der Waals surface area (Å²) in [6.45, 7) is 6.03. The van der Waals surface area contributed by atoms with Crippen molar-refractivity contribution in [3.63, 3.8) is 0 Å². The van der Waals surface area contributed by atoms with Gasteiger partial charge in [-0.15, -0.1) is 11.3 Å². The highest BCUT2D eigenvalue weighted by molar-refractivity contribution is 9.10. The lowest BCUT2D eigenvalue weighted by molar-refractivity contribution is 0.0939. The van der Waals surface area contributed by atoms with Gasteiger partial charge in [-0.3, -0.25) is 4.79 Å². The molecular weight excluding hydrogens is 336 g/mol. The van der Waals surface area contributed by atoms with Crippen LogP contribution in [0.25, 0.3) is 0 Å². The van der Waals surface area contributed by atoms with Gasteiger partial charge in [0.05, 0.1) is 11.6 Å². The molecule has 0 bridgehead atoms. The quantitative estimate of drug-likeness (QED) is 0.892. The Labute approximate surface area is 131 Å². The van der Waals surface area contributed by atoms with E-state index in [2.05, 4.69) is 33.2 Å². The third kappa shape index (κ3) is 3.46. The van der Waals surface area contributed by atoms with Gasteiger partial charge in [-0.05, 0) is 48.3 Å². The monoisotopic (exact) mass is 352 g/mol. The highest BCUT2D eigenvalue weighted by Crippen LogP contribution is 2.22. The SMILES string of the molecule is CCc1cnc(C(C)NC(=O)c2cc(C)ccc2Br)s1. The standard InChI is InChI=1S/C15H17BrN2OS/c1-4-11-8-17-15(20-11)10(3)18-14(19)12-7-9(2)5-6-13(12)16/h5-8,10H,4H2,1-3H3,(H,18,19). The number of carbonyl (C=O) groups is 1. The van der Waals surface area contributed by atoms with Crippen molar-refractivity contribution in [2.45, 2.75) is 33.2 Å². The van der Waals surface area contributed by atoms with Crippen molar-refractivity contribution in [2.75, 3.05) is 0 Å². The zero-order chi connectivity index (χ0) is 14.7. The van der Waals surface area contributed by atoms with Gasteiger partial charge >= 0.3 is 0 Å². The smallest absolute Gasteiger partial charge is 0.252 e. The van der Waals surface area contributed by atoms with Crippen molar-refractivity contribution in [2.24, 2.45) is 0 Å². The Kier molecular flexibility index (Phi) is 4.94. The fourth-order valence-corrected chi connectivity index (χ4v) is 3.12. The zero-order valence-electron chi connectivity index (χ0n) is 11.7. The molecule has 1 aromatic heterocycles. The highest BCUT2D eigenvalue weighted by atomic mass is 79.9. The van der Waals surface area contributed by atoms with Gasteiger partial charge in [0.25, 0.3) is 5.91 Å². The van der Waals surface area contributed by atoms with E-state index in [4.69, 9.17) is 0 Å². The molecule has 2 aromatic rings. The lowest BCUT2D eigenvalue weighted by Gasteiger charge is -2.12. The van der Waals surface area contributed by atoms with E-state index >= 15 is 0 Å². The van der Waals surface area contributed by atoms with Crippen LogP contribution in [0.1, 0.15) is 45.7 Å². The molecule has 1 aromatic carbocycles. The molecule has 1 atom stereocenters. The molecule has 1 amide bonds. The molecule has 0 radical (unpaired) electrons. The minimum Gasteiger partial charge on any atom is -0.343 e. The van der Waals surface area contributed by atoms with Crippen molar-refractivity contribution in [1.29, 1.82) is 0 Å². The van der Waals surface area contributed by atoms with Gasteiger partial charge in [-0.2, -0.15) is 0 Å². The summed E-state index contributed by atoms with van der Waals surface area (Å²) in [7, 11) is 0. The number of hydrogen-bond donors (Lipinski definition) is 1. The lowest BCUT2D eigenvalue weighted by atomic mass is 10.1. The number of benzene rings is 1. The van der Waals surface area contributed by atoms with Gasteiger partial charge in [0.1, 0.15) is 5.01 Å². The van der Waals surface area contributed by atoms with Crippen LogP contribution in [-0.2, 0) is 6.42 Å². The first-order valence-electron chi connectivity index (χ1n) is 6.53. The van der Waals surface area contributed by atoms with E-state index < -0.39 is 0 Å². The molecule has 0 aliphatic rings. The van der Waals surface area contributed by atoms with Crippen LogP contribution in [-0.4, -0.2) is 10.9 Å². The molecule has 1 unspecified atom stereocenters. The molecule has 0 aliphatic carbocycles. The Morgan fingerprint density at radius 1 is 1.50 bits per heavy atom. The molecule has 5 heteroatoms. The summed E-state index contributed by atoms with van der Waals surface area (Å²) in [6, 6.07) is 5.66. The topological polar surface area (TPSA) is 42.0 Å². The van der Waals surface area contributed by atoms with Crippen molar-refractivity contribution >= 4 is 33.2 Å². The predicted octanol–water partition coefficient (Wildman–Crippen LogP) is 4.27. The van der Waals surface area contributed by atoms with Crippen LogP contribution in [0, 0.1) is 6.92 Å². The summed E-state index contributed by atoms with van der Waals surface area (Å²) in [5, 5.41) is 3.94. The maximum atomic E-state index is 12.3. The normalized spacial score (nSPS) is 12.2. The second-order valence-electron chi connectivity index (χ2n) is 4.70. The van der Waals surface area contributed by atoms with Gasteiger partial charge in [0.15, 0.2) is 0 Å². The van der Waals surface area contributed by atoms with Crippen molar-refractivity contribution in [3.05, 3.63) is 49.9 Å². The molecule has 3 nitrogen and oxygen atoms in total. The van der Waals surface area contributed by atoms with Crippen LogP contribution >= 0.6 is 27.3 Å². The van der Waals surface area contributed by atoms with Gasteiger partial charge in [-0.1, -0.05) is 18.6 Å². The average Bonchev–Trinajstić information content (AvgIpc) is 2.90. The van der Waals surface area contributed by atoms with E-state index in [-0.39, 0.29) is 11.9 Å². The Morgan fingerprint density at radius 2 is 2.25 bits per heavy atom. The van der Waals surface area contributed by atoms with Crippen molar-refractivity contribution in [1.82, 2.24) is 10.3 Å². The van der Waals surface area contributed by atoms with E-state index in [9.17, 15) is 4.79 Å². The second kappa shape index (κ2) is 6.50. The number of rotatable bonds is 4. The summed E-state index contributed by atoms with van der Waals surface area (Å²) in [6.07, 6.45) is 2.85. The van der Waals surface area contributed by atoms with Gasteiger partial charge in [-0.25, -0.2) is 4.98 Å². The summed E-state index contributed by atoms with van der Waals surface area (Å²) >= 11 is 5.07. The number of halogens is 1. The Bertz CT molecular complexity index is 624. The maximum Gasteiger partial charge on any atom is 0.252 e. The molecule has 1 N–H and O–H groups in total. The first-order valence-corrected chi connectivity index (χ1v) is 8.13. The number of thiazole rings is 1. The summed E-state index contributed by atoms with van der Waals surface area (Å²) in [5.74, 6) is -0.0821. The number of carbonyl (C=O) groups excluding carboxylic acids is 1. The van der Waals surface area contributed by atoms with Gasteiger partial charge in [0, 0.05) is 15.5 Å². The van der Waals surface area contributed by atoms with E-state index in [1.807, 2.05) is 38.2 Å². The van der Waals surface area contributed by atoms with E-state index in [0.29, 0.717) is 5.56 Å². The van der Waals surface area contributed by atoms with Gasteiger partial charge in [0.2, 0.25) is 0 Å². The van der Waals surface area contributed by atoms with E-state index in [1.54, 1.807) is 11.3 Å². The average molecular weight is 353 g/mol. The summed E-state index contributed by atoms with van der Waals surface area (Å²) in [5.41, 5.74) is 1.72. The number of hydrogen-bond acceptors (Lipinski definition) is 3. The first-order chi connectivity index (χ1) is 9.51. The second-order valence-corrected chi connectivity index (χ2v) is 6.70. The fourth-order valence-electron chi connectivity index (χ4n) is 1.84. The van der Waals surface area contributed by atoms with Crippen LogP contribution < -0.4 is 5.32 Å². The number of nitrogens with one attached hydrogen (secondary N) is 1. The maximum absolute atomic E-state index is 12.3. The molecule has 20 heavy (non-hydrogen) atoms. The summed E-state index contributed by atoms with van der Waals surface area (Å²) in [4.78, 5) is 17.9. The van der Waals surface area contributed by atoms with E-state index in [0.717, 1.165) is 21.5 Å². The molecule has 1 heterocycles. The predicted molar refractivity (Wildman–Crippen MR) is 86.3 cm³/mol. The first kappa shape index (κ1) is 15.2. The van der Waals surface area contributed by atoms with Crippen LogP contribution in [0.5, 0.6) is 0 Å². The fraction of sp³-hybridized carbons (Fsp3) is 0.333. The molecule has 0 saturated carbocycles. The highest BCUT2D eigenvalue weighted by Gasteiger charge is 2.16. The molecule has 2 rings (SSSR count). The molecule has 106 valence electrons. The van der Waals surface area contributed by atoms with Crippen LogP contribution in [0.15, 0.2) is 28.9 Å². The van der Waals surface area contributed by atoms with Crippen LogP contribution in [0.2, 0.25) is 0 Å². The largest absolute Gasteiger partial charge is 0.343 e. The number of nitrogens with zero attached hydrogens (tertiary/aromatic N) is 1. The van der Waals surface area contributed by atoms with E-state index in [1.165, 1.54) is 4.88 Å².